The minimum absolute atomic E-state index is 0.265. The highest BCUT2D eigenvalue weighted by Gasteiger charge is 2.15. The van der Waals surface area contributed by atoms with E-state index in [1.165, 1.54) is 18.3 Å². The minimum Gasteiger partial charge on any atom is -0.346 e. The zero-order valence-electron chi connectivity index (χ0n) is 11.6. The van der Waals surface area contributed by atoms with E-state index in [0.29, 0.717) is 23.4 Å². The number of nitrogens with one attached hydrogen (secondary N) is 2. The molecule has 1 aromatic carbocycles. The molecule has 2 aromatic heterocycles. The van der Waals surface area contributed by atoms with E-state index in [1.807, 2.05) is 18.2 Å². The van der Waals surface area contributed by atoms with Gasteiger partial charge in [0.1, 0.15) is 5.82 Å². The molecular weight excluding hydrogens is 283 g/mol. The summed E-state index contributed by atoms with van der Waals surface area (Å²) in [6, 6.07) is 11.4. The number of hydrogen-bond acceptors (Lipinski definition) is 3. The van der Waals surface area contributed by atoms with Crippen LogP contribution >= 0.6 is 0 Å². The van der Waals surface area contributed by atoms with E-state index in [0.717, 1.165) is 5.69 Å². The highest BCUT2D eigenvalue weighted by Crippen LogP contribution is 2.21. The number of nitrogens with zero attached hydrogens (tertiary/aromatic N) is 2. The van der Waals surface area contributed by atoms with Crippen molar-refractivity contribution in [2.75, 3.05) is 0 Å². The fraction of sp³-hybridized carbons (Fsp3) is 0.0625. The molecule has 0 radical (unpaired) electrons. The smallest absolute Gasteiger partial charge is 0.255 e. The first-order valence-corrected chi connectivity index (χ1v) is 6.71. The van der Waals surface area contributed by atoms with Crippen LogP contribution in [0.5, 0.6) is 0 Å². The van der Waals surface area contributed by atoms with Gasteiger partial charge in [0.2, 0.25) is 0 Å². The summed E-state index contributed by atoms with van der Waals surface area (Å²) < 4.78 is 13.0. The van der Waals surface area contributed by atoms with Gasteiger partial charge in [-0.2, -0.15) is 5.10 Å². The summed E-state index contributed by atoms with van der Waals surface area (Å²) in [5.41, 5.74) is 2.42. The number of carbonyl (C=O) groups excluding carboxylic acids is 1. The van der Waals surface area contributed by atoms with Crippen LogP contribution in [0.3, 0.4) is 0 Å². The van der Waals surface area contributed by atoms with Gasteiger partial charge < -0.3 is 5.32 Å². The van der Waals surface area contributed by atoms with Crippen molar-refractivity contribution in [1.29, 1.82) is 0 Å². The first-order chi connectivity index (χ1) is 10.7. The van der Waals surface area contributed by atoms with Gasteiger partial charge in [0.05, 0.1) is 29.7 Å². The fourth-order valence-electron chi connectivity index (χ4n) is 2.06. The Balaban J connectivity index is 1.76. The van der Waals surface area contributed by atoms with E-state index in [-0.39, 0.29) is 11.7 Å². The molecule has 5 nitrogen and oxygen atoms in total. The topological polar surface area (TPSA) is 70.7 Å². The number of H-pyrrole nitrogens is 1. The summed E-state index contributed by atoms with van der Waals surface area (Å²) in [6.07, 6.45) is 3.12. The Morgan fingerprint density at radius 2 is 2.00 bits per heavy atom. The standard InChI is InChI=1S/C16H13FN4O/c17-12-6-4-11(5-7-12)15-14(10-20-21-15)16(22)19-9-13-3-1-2-8-18-13/h1-8,10H,9H2,(H,19,22)(H,20,21). The van der Waals surface area contributed by atoms with E-state index < -0.39 is 0 Å². The largest absolute Gasteiger partial charge is 0.346 e. The third-order valence-electron chi connectivity index (χ3n) is 3.17. The molecule has 0 atom stereocenters. The Hall–Kier alpha value is -3.02. The summed E-state index contributed by atoms with van der Waals surface area (Å²) in [5, 5.41) is 9.46. The maximum atomic E-state index is 13.0. The van der Waals surface area contributed by atoms with E-state index in [9.17, 15) is 9.18 Å². The normalized spacial score (nSPS) is 10.4. The van der Waals surface area contributed by atoms with Crippen molar-refractivity contribution < 1.29 is 9.18 Å². The lowest BCUT2D eigenvalue weighted by Crippen LogP contribution is -2.23. The van der Waals surface area contributed by atoms with Crippen LogP contribution in [0, 0.1) is 5.82 Å². The third-order valence-corrected chi connectivity index (χ3v) is 3.17. The molecule has 0 aliphatic heterocycles. The van der Waals surface area contributed by atoms with Crippen LogP contribution < -0.4 is 5.32 Å². The molecule has 3 aromatic rings. The predicted octanol–water partition coefficient (Wildman–Crippen LogP) is 2.54. The Bertz CT molecular complexity index is 768. The van der Waals surface area contributed by atoms with Crippen molar-refractivity contribution in [2.45, 2.75) is 6.54 Å². The van der Waals surface area contributed by atoms with Crippen LogP contribution in [-0.2, 0) is 6.54 Å². The second-order valence-electron chi connectivity index (χ2n) is 4.67. The van der Waals surface area contributed by atoms with Gasteiger partial charge >= 0.3 is 0 Å². The van der Waals surface area contributed by atoms with Gasteiger partial charge in [0.15, 0.2) is 0 Å². The average Bonchev–Trinajstić information content (AvgIpc) is 3.04. The second-order valence-corrected chi connectivity index (χ2v) is 4.67. The molecule has 6 heteroatoms. The van der Waals surface area contributed by atoms with Crippen LogP contribution in [-0.4, -0.2) is 21.1 Å². The van der Waals surface area contributed by atoms with Crippen LogP contribution in [0.2, 0.25) is 0 Å². The highest BCUT2D eigenvalue weighted by molar-refractivity contribution is 5.99. The maximum Gasteiger partial charge on any atom is 0.255 e. The van der Waals surface area contributed by atoms with Crippen LogP contribution in [0.4, 0.5) is 4.39 Å². The third kappa shape index (κ3) is 3.01. The molecule has 0 spiro atoms. The minimum atomic E-state index is -0.329. The Labute approximate surface area is 126 Å². The molecule has 2 N–H and O–H groups in total. The Kier molecular flexibility index (Phi) is 3.91. The van der Waals surface area contributed by atoms with Crippen molar-refractivity contribution in [3.63, 3.8) is 0 Å². The van der Waals surface area contributed by atoms with Crippen LogP contribution in [0.25, 0.3) is 11.3 Å². The summed E-state index contributed by atoms with van der Waals surface area (Å²) in [5.74, 6) is -0.594. The first kappa shape index (κ1) is 13.9. The molecule has 0 unspecified atom stereocenters. The fourth-order valence-corrected chi connectivity index (χ4v) is 2.06. The van der Waals surface area contributed by atoms with Crippen molar-refractivity contribution in [1.82, 2.24) is 20.5 Å². The summed E-state index contributed by atoms with van der Waals surface area (Å²) in [4.78, 5) is 16.4. The zero-order chi connectivity index (χ0) is 15.4. The Morgan fingerprint density at radius 3 is 2.73 bits per heavy atom. The Morgan fingerprint density at radius 1 is 1.18 bits per heavy atom. The summed E-state index contributed by atoms with van der Waals surface area (Å²) in [7, 11) is 0. The molecule has 0 aliphatic carbocycles. The number of amides is 1. The maximum absolute atomic E-state index is 13.0. The van der Waals surface area contributed by atoms with Crippen molar-refractivity contribution in [3.05, 3.63) is 71.9 Å². The monoisotopic (exact) mass is 296 g/mol. The number of pyridine rings is 1. The number of rotatable bonds is 4. The van der Waals surface area contributed by atoms with Gasteiger partial charge in [-0.3, -0.25) is 14.9 Å². The van der Waals surface area contributed by atoms with Gasteiger partial charge in [-0.15, -0.1) is 0 Å². The first-order valence-electron chi connectivity index (χ1n) is 6.71. The van der Waals surface area contributed by atoms with Crippen molar-refractivity contribution in [2.24, 2.45) is 0 Å². The lowest BCUT2D eigenvalue weighted by molar-refractivity contribution is 0.0951. The zero-order valence-corrected chi connectivity index (χ0v) is 11.6. The number of hydrogen-bond donors (Lipinski definition) is 2. The molecule has 22 heavy (non-hydrogen) atoms. The SMILES string of the molecule is O=C(NCc1ccccn1)c1cn[nH]c1-c1ccc(F)cc1. The van der Waals surface area contributed by atoms with E-state index in [1.54, 1.807) is 18.3 Å². The molecule has 3 rings (SSSR count). The number of carbonyl (C=O) groups is 1. The van der Waals surface area contributed by atoms with Crippen LogP contribution in [0.1, 0.15) is 16.1 Å². The second kappa shape index (κ2) is 6.17. The summed E-state index contributed by atoms with van der Waals surface area (Å²) >= 11 is 0. The molecule has 1 amide bonds. The van der Waals surface area contributed by atoms with Crippen molar-refractivity contribution >= 4 is 5.91 Å². The van der Waals surface area contributed by atoms with Crippen molar-refractivity contribution in [3.8, 4) is 11.3 Å². The molecule has 0 fully saturated rings. The lowest BCUT2D eigenvalue weighted by Gasteiger charge is -2.05. The number of halogens is 1. The summed E-state index contributed by atoms with van der Waals surface area (Å²) in [6.45, 7) is 0.327. The quantitative estimate of drug-likeness (QED) is 0.777. The lowest BCUT2D eigenvalue weighted by atomic mass is 10.1. The number of aromatic amines is 1. The molecule has 2 heterocycles. The predicted molar refractivity (Wildman–Crippen MR) is 79.4 cm³/mol. The number of benzene rings is 1. The van der Waals surface area contributed by atoms with Gasteiger partial charge in [0.25, 0.3) is 5.91 Å². The van der Waals surface area contributed by atoms with Gasteiger partial charge in [-0.1, -0.05) is 6.07 Å². The van der Waals surface area contributed by atoms with E-state index in [2.05, 4.69) is 20.5 Å². The number of aromatic nitrogens is 3. The molecule has 0 bridgehead atoms. The molecule has 110 valence electrons. The molecule has 0 saturated carbocycles. The van der Waals surface area contributed by atoms with Gasteiger partial charge in [-0.25, -0.2) is 4.39 Å². The highest BCUT2D eigenvalue weighted by atomic mass is 19.1. The van der Waals surface area contributed by atoms with Gasteiger partial charge in [-0.05, 0) is 36.4 Å². The molecular formula is C16H13FN4O. The van der Waals surface area contributed by atoms with Gasteiger partial charge in [0, 0.05) is 11.8 Å². The van der Waals surface area contributed by atoms with Crippen LogP contribution in [0.15, 0.2) is 54.9 Å². The molecule has 0 saturated heterocycles. The molecule has 0 aliphatic rings. The average molecular weight is 296 g/mol. The van der Waals surface area contributed by atoms with E-state index in [4.69, 9.17) is 0 Å². The van der Waals surface area contributed by atoms with E-state index >= 15 is 0 Å².